The number of hydrogen-bond donors (Lipinski definition) is 1. The van der Waals surface area contributed by atoms with E-state index < -0.39 is 16.6 Å². The molecule has 1 aromatic carbocycles. The Bertz CT molecular complexity index is 787. The molecule has 1 heterocycles. The minimum absolute atomic E-state index is 0.0178. The van der Waals surface area contributed by atoms with Crippen molar-refractivity contribution in [3.05, 3.63) is 39.7 Å². The first-order chi connectivity index (χ1) is 11.4. The van der Waals surface area contributed by atoms with Gasteiger partial charge in [-0.05, 0) is 6.07 Å². The van der Waals surface area contributed by atoms with Gasteiger partial charge in [0.05, 0.1) is 18.2 Å². The van der Waals surface area contributed by atoms with Crippen molar-refractivity contribution in [2.45, 2.75) is 13.2 Å². The second-order valence-electron chi connectivity index (χ2n) is 4.54. The topological polar surface area (TPSA) is 147 Å². The summed E-state index contributed by atoms with van der Waals surface area (Å²) in [6.07, 6.45) is 1.79. The summed E-state index contributed by atoms with van der Waals surface area (Å²) in [4.78, 5) is 31.9. The Morgan fingerprint density at radius 3 is 2.83 bits per heavy atom. The van der Waals surface area contributed by atoms with Crippen LogP contribution in [0.15, 0.2) is 18.3 Å². The number of aliphatic carboxylic acids is 1. The van der Waals surface area contributed by atoms with Gasteiger partial charge in [0.25, 0.3) is 0 Å². The first-order valence-electron chi connectivity index (χ1n) is 6.49. The predicted molar refractivity (Wildman–Crippen MR) is 77.0 cm³/mol. The maximum Gasteiger partial charge on any atom is 0.325 e. The summed E-state index contributed by atoms with van der Waals surface area (Å²) in [7, 11) is 1.28. The zero-order valence-corrected chi connectivity index (χ0v) is 12.4. The molecule has 0 aliphatic carbocycles. The van der Waals surface area contributed by atoms with Crippen molar-refractivity contribution in [3.63, 3.8) is 0 Å². The lowest BCUT2D eigenvalue weighted by atomic mass is 10.2. The second-order valence-corrected chi connectivity index (χ2v) is 4.54. The number of hydrogen-bond acceptors (Lipinski definition) is 8. The summed E-state index contributed by atoms with van der Waals surface area (Å²) >= 11 is 0. The third-order valence-electron chi connectivity index (χ3n) is 2.86. The number of methoxy groups -OCH3 is 1. The molecular formula is C13H12N4O7. The number of nitro benzene ring substituents is 1. The molecule has 11 nitrogen and oxygen atoms in total. The Balaban J connectivity index is 2.25. The highest BCUT2D eigenvalue weighted by Gasteiger charge is 2.22. The molecule has 11 heteroatoms. The summed E-state index contributed by atoms with van der Waals surface area (Å²) < 4.78 is 11.5. The summed E-state index contributed by atoms with van der Waals surface area (Å²) in [5, 5.41) is 27.1. The molecule has 0 atom stereocenters. The van der Waals surface area contributed by atoms with E-state index in [1.807, 2.05) is 0 Å². The van der Waals surface area contributed by atoms with Gasteiger partial charge in [0.1, 0.15) is 25.1 Å². The monoisotopic (exact) mass is 336 g/mol. The number of nitro groups is 1. The number of carbonyl (C=O) groups is 2. The molecule has 0 aliphatic heterocycles. The maximum atomic E-state index is 11.2. The van der Waals surface area contributed by atoms with Crippen LogP contribution in [0.3, 0.4) is 0 Å². The molecule has 1 aromatic heterocycles. The number of nitrogens with zero attached hydrogens (tertiary/aromatic N) is 4. The van der Waals surface area contributed by atoms with E-state index in [1.165, 1.54) is 19.4 Å². The van der Waals surface area contributed by atoms with Gasteiger partial charge in [0.2, 0.25) is 5.75 Å². The Kier molecular flexibility index (Phi) is 5.04. The van der Waals surface area contributed by atoms with Crippen LogP contribution in [0.5, 0.6) is 11.5 Å². The van der Waals surface area contributed by atoms with Crippen molar-refractivity contribution < 1.29 is 29.1 Å². The Morgan fingerprint density at radius 2 is 2.25 bits per heavy atom. The maximum absolute atomic E-state index is 11.2. The summed E-state index contributed by atoms with van der Waals surface area (Å²) in [6.45, 7) is -0.568. The minimum atomic E-state index is -1.09. The van der Waals surface area contributed by atoms with Crippen LogP contribution in [0.2, 0.25) is 0 Å². The van der Waals surface area contributed by atoms with Gasteiger partial charge in [-0.2, -0.15) is 0 Å². The molecule has 0 aliphatic rings. The average molecular weight is 336 g/mol. The molecule has 126 valence electrons. The van der Waals surface area contributed by atoms with E-state index in [2.05, 4.69) is 10.3 Å². The van der Waals surface area contributed by atoms with Gasteiger partial charge >= 0.3 is 11.7 Å². The van der Waals surface area contributed by atoms with E-state index in [0.29, 0.717) is 6.29 Å². The normalized spacial score (nSPS) is 10.2. The summed E-state index contributed by atoms with van der Waals surface area (Å²) in [6, 6.07) is 2.36. The number of carboxylic acid groups (broad SMARTS) is 1. The van der Waals surface area contributed by atoms with Crippen molar-refractivity contribution >= 4 is 17.9 Å². The van der Waals surface area contributed by atoms with E-state index in [1.54, 1.807) is 0 Å². The fourth-order valence-corrected chi connectivity index (χ4v) is 1.88. The highest BCUT2D eigenvalue weighted by atomic mass is 16.6. The lowest BCUT2D eigenvalue weighted by molar-refractivity contribution is -0.386. The number of carbonyl (C=O) groups excluding carboxylic acids is 1. The quantitative estimate of drug-likeness (QED) is 0.417. The van der Waals surface area contributed by atoms with Gasteiger partial charge in [-0.1, -0.05) is 5.21 Å². The molecule has 0 amide bonds. The van der Waals surface area contributed by atoms with E-state index in [-0.39, 0.29) is 35.9 Å². The number of ether oxygens (including phenoxy) is 2. The number of rotatable bonds is 8. The smallest absolute Gasteiger partial charge is 0.325 e. The highest BCUT2D eigenvalue weighted by molar-refractivity contribution is 5.79. The Morgan fingerprint density at radius 1 is 1.50 bits per heavy atom. The fraction of sp³-hybridized carbons (Fsp3) is 0.231. The summed E-state index contributed by atoms with van der Waals surface area (Å²) in [5.41, 5.74) is -0.0975. The Hall–Kier alpha value is -3.50. The number of carboxylic acids is 1. The van der Waals surface area contributed by atoms with Gasteiger partial charge in [0, 0.05) is 11.6 Å². The van der Waals surface area contributed by atoms with Crippen molar-refractivity contribution in [1.82, 2.24) is 15.0 Å². The largest absolute Gasteiger partial charge is 0.493 e. The molecule has 0 unspecified atom stereocenters. The molecule has 0 saturated carbocycles. The SMILES string of the molecule is COc1cc(C=O)cc([N+](=O)[O-])c1OCc1cn(CC(=O)O)nn1. The molecule has 0 bridgehead atoms. The van der Waals surface area contributed by atoms with Gasteiger partial charge in [-0.25, -0.2) is 4.68 Å². The third kappa shape index (κ3) is 3.82. The lowest BCUT2D eigenvalue weighted by Crippen LogP contribution is -2.09. The Labute approximate surface area is 134 Å². The van der Waals surface area contributed by atoms with Crippen molar-refractivity contribution in [1.29, 1.82) is 0 Å². The van der Waals surface area contributed by atoms with Crippen molar-refractivity contribution in [3.8, 4) is 11.5 Å². The second kappa shape index (κ2) is 7.17. The zero-order valence-electron chi connectivity index (χ0n) is 12.4. The molecule has 24 heavy (non-hydrogen) atoms. The van der Waals surface area contributed by atoms with E-state index in [4.69, 9.17) is 14.6 Å². The van der Waals surface area contributed by atoms with Gasteiger partial charge in [-0.3, -0.25) is 19.7 Å². The van der Waals surface area contributed by atoms with Crippen LogP contribution in [0.4, 0.5) is 5.69 Å². The molecule has 0 radical (unpaired) electrons. The predicted octanol–water partition coefficient (Wildman–Crippen LogP) is 0.671. The molecule has 0 saturated heterocycles. The molecule has 2 rings (SSSR count). The molecular weight excluding hydrogens is 324 g/mol. The summed E-state index contributed by atoms with van der Waals surface area (Å²) in [5.74, 6) is -1.24. The standard InChI is InChI=1S/C13H12N4O7/c1-23-11-3-8(6-18)2-10(17(21)22)13(11)24-7-9-4-16(15-14-9)5-12(19)20/h2-4,6H,5,7H2,1H3,(H,19,20). The van der Waals surface area contributed by atoms with E-state index in [0.717, 1.165) is 10.7 Å². The molecule has 2 aromatic rings. The van der Waals surface area contributed by atoms with Crippen LogP contribution in [0.1, 0.15) is 16.1 Å². The first-order valence-corrected chi connectivity index (χ1v) is 6.49. The van der Waals surface area contributed by atoms with Crippen LogP contribution in [-0.2, 0) is 17.9 Å². The molecule has 0 fully saturated rings. The van der Waals surface area contributed by atoms with Crippen LogP contribution in [0.25, 0.3) is 0 Å². The highest BCUT2D eigenvalue weighted by Crippen LogP contribution is 2.38. The van der Waals surface area contributed by atoms with Crippen LogP contribution in [-0.4, -0.2) is 44.4 Å². The van der Waals surface area contributed by atoms with Crippen molar-refractivity contribution in [2.24, 2.45) is 0 Å². The lowest BCUT2D eigenvalue weighted by Gasteiger charge is -2.10. The van der Waals surface area contributed by atoms with Crippen molar-refractivity contribution in [2.75, 3.05) is 7.11 Å². The average Bonchev–Trinajstić information content (AvgIpc) is 2.98. The zero-order chi connectivity index (χ0) is 17.7. The van der Waals surface area contributed by atoms with Crippen LogP contribution >= 0.6 is 0 Å². The molecule has 1 N–H and O–H groups in total. The molecule has 0 spiro atoms. The fourth-order valence-electron chi connectivity index (χ4n) is 1.88. The minimum Gasteiger partial charge on any atom is -0.493 e. The number of aromatic nitrogens is 3. The van der Waals surface area contributed by atoms with E-state index >= 15 is 0 Å². The van der Waals surface area contributed by atoms with Gasteiger partial charge in [0.15, 0.2) is 5.75 Å². The number of aldehydes is 1. The van der Waals surface area contributed by atoms with Crippen LogP contribution < -0.4 is 9.47 Å². The first kappa shape index (κ1) is 16.9. The van der Waals surface area contributed by atoms with Crippen LogP contribution in [0, 0.1) is 10.1 Å². The number of benzene rings is 1. The van der Waals surface area contributed by atoms with E-state index in [9.17, 15) is 19.7 Å². The van der Waals surface area contributed by atoms with Gasteiger partial charge < -0.3 is 14.6 Å². The van der Waals surface area contributed by atoms with Gasteiger partial charge in [-0.15, -0.1) is 5.10 Å². The third-order valence-corrected chi connectivity index (χ3v) is 2.86.